The Bertz CT molecular complexity index is 1690. The lowest BCUT2D eigenvalue weighted by Crippen LogP contribution is -2.51. The third-order valence-electron chi connectivity index (χ3n) is 8.52. The highest BCUT2D eigenvalue weighted by atomic mass is 16.7. The molecular formula is C27H26BN3O3+2. The molecule has 0 fully saturated rings. The largest absolute Gasteiger partial charge is 0.728 e. The maximum atomic E-state index is 9.65. The molecule has 2 aromatic carbocycles. The molecule has 0 unspecified atom stereocenters. The lowest BCUT2D eigenvalue weighted by atomic mass is 9.60. The molecule has 0 radical (unpaired) electrons. The zero-order valence-electron chi connectivity index (χ0n) is 19.7. The second kappa shape index (κ2) is 6.17. The predicted octanol–water partition coefficient (Wildman–Crippen LogP) is 2.82. The molecule has 0 aliphatic carbocycles. The molecule has 0 amide bonds. The molecule has 7 heteroatoms. The highest BCUT2D eigenvalue weighted by Gasteiger charge is 2.59. The smallest absolute Gasteiger partial charge is 0.421 e. The maximum Gasteiger partial charge on any atom is 0.728 e. The molecule has 5 aromatic rings. The van der Waals surface area contributed by atoms with Crippen LogP contribution in [0.1, 0.15) is 44.5 Å². The number of hydrogen-bond donors (Lipinski definition) is 2. The number of para-hydroxylation sites is 1. The first-order chi connectivity index (χ1) is 16.2. The molecule has 2 N–H and O–H groups in total. The SMILES string of the molecule is CC1(C)c2cccc3c4c5c(ccn4OB(O)O)C[n+]4c(-c6ccccc6)c([n+](c23)c54)C1(C)C. The van der Waals surface area contributed by atoms with Crippen molar-refractivity contribution in [1.82, 2.24) is 4.73 Å². The summed E-state index contributed by atoms with van der Waals surface area (Å²) < 4.78 is 11.9. The molecule has 0 spiro atoms. The van der Waals surface area contributed by atoms with Gasteiger partial charge in [-0.3, -0.25) is 0 Å². The minimum absolute atomic E-state index is 0.151. The zero-order chi connectivity index (χ0) is 23.6. The Labute approximate surface area is 197 Å². The first-order valence-corrected chi connectivity index (χ1v) is 11.7. The molecule has 6 nitrogen and oxygen atoms in total. The van der Waals surface area contributed by atoms with E-state index in [4.69, 9.17) is 4.76 Å². The van der Waals surface area contributed by atoms with E-state index in [2.05, 4.69) is 85.2 Å². The molecule has 2 aliphatic rings. The van der Waals surface area contributed by atoms with Crippen LogP contribution >= 0.6 is 0 Å². The lowest BCUT2D eigenvalue weighted by molar-refractivity contribution is -0.681. The summed E-state index contributed by atoms with van der Waals surface area (Å²) in [7, 11) is -1.91. The third kappa shape index (κ3) is 2.15. The van der Waals surface area contributed by atoms with E-state index in [0.29, 0.717) is 0 Å². The van der Waals surface area contributed by atoms with Crippen molar-refractivity contribution in [3.05, 3.63) is 77.6 Å². The summed E-state index contributed by atoms with van der Waals surface area (Å²) in [5, 5.41) is 21.4. The fraction of sp³-hybridized carbons (Fsp3) is 0.259. The first kappa shape index (κ1) is 20.0. The number of nitrogens with zero attached hydrogens (tertiary/aromatic N) is 3. The van der Waals surface area contributed by atoms with Crippen LogP contribution in [0.5, 0.6) is 0 Å². The highest BCUT2D eigenvalue weighted by Crippen LogP contribution is 2.51. The Morgan fingerprint density at radius 2 is 1.71 bits per heavy atom. The van der Waals surface area contributed by atoms with Crippen LogP contribution < -0.4 is 13.7 Å². The number of hydrogen-bond acceptors (Lipinski definition) is 3. The van der Waals surface area contributed by atoms with Crippen LogP contribution in [-0.2, 0) is 17.4 Å². The van der Waals surface area contributed by atoms with E-state index in [0.717, 1.165) is 34.0 Å². The fourth-order valence-electron chi connectivity index (χ4n) is 6.33. The van der Waals surface area contributed by atoms with Crippen molar-refractivity contribution in [2.75, 3.05) is 0 Å². The van der Waals surface area contributed by atoms with Gasteiger partial charge in [-0.15, -0.1) is 4.57 Å². The van der Waals surface area contributed by atoms with Gasteiger partial charge in [0.15, 0.2) is 11.9 Å². The summed E-state index contributed by atoms with van der Waals surface area (Å²) in [4.78, 5) is 0. The second-order valence-corrected chi connectivity index (χ2v) is 10.6. The average Bonchev–Trinajstić information content (AvgIpc) is 3.34. The number of rotatable bonds is 3. The van der Waals surface area contributed by atoms with E-state index in [-0.39, 0.29) is 10.8 Å². The predicted molar refractivity (Wildman–Crippen MR) is 130 cm³/mol. The number of benzene rings is 2. The number of aromatic nitrogens is 3. The van der Waals surface area contributed by atoms with Gasteiger partial charge in [0.25, 0.3) is 11.4 Å². The normalized spacial score (nSPS) is 16.9. The summed E-state index contributed by atoms with van der Waals surface area (Å²) in [5.74, 6) is 0. The first-order valence-electron chi connectivity index (χ1n) is 11.7. The summed E-state index contributed by atoms with van der Waals surface area (Å²) in [6.07, 6.45) is 1.79. The Balaban J connectivity index is 1.81. The summed E-state index contributed by atoms with van der Waals surface area (Å²) in [6, 6.07) is 19.1. The third-order valence-corrected chi connectivity index (χ3v) is 8.52. The fourth-order valence-corrected chi connectivity index (χ4v) is 6.33. The van der Waals surface area contributed by atoms with E-state index in [1.807, 2.05) is 6.07 Å². The van der Waals surface area contributed by atoms with E-state index < -0.39 is 7.32 Å². The number of pyridine rings is 2. The van der Waals surface area contributed by atoms with Crippen LogP contribution in [0.2, 0.25) is 0 Å². The van der Waals surface area contributed by atoms with Gasteiger partial charge in [0.2, 0.25) is 5.52 Å². The molecule has 0 saturated carbocycles. The van der Waals surface area contributed by atoms with Gasteiger partial charge < -0.3 is 14.8 Å². The summed E-state index contributed by atoms with van der Waals surface area (Å²) in [6.45, 7) is 10.1. The van der Waals surface area contributed by atoms with Gasteiger partial charge in [-0.25, -0.2) is 4.73 Å². The minimum atomic E-state index is -1.91. The van der Waals surface area contributed by atoms with E-state index in [9.17, 15) is 10.0 Å². The van der Waals surface area contributed by atoms with Gasteiger partial charge in [-0.05, 0) is 38.1 Å². The van der Waals surface area contributed by atoms with Crippen LogP contribution in [0.15, 0.2) is 60.8 Å². The summed E-state index contributed by atoms with van der Waals surface area (Å²) in [5.41, 5.74) is 9.08. The van der Waals surface area contributed by atoms with Crippen molar-refractivity contribution < 1.29 is 23.8 Å². The molecular weight excluding hydrogens is 425 g/mol. The molecule has 7 rings (SSSR count). The molecule has 168 valence electrons. The second-order valence-electron chi connectivity index (χ2n) is 10.6. The molecule has 2 aliphatic heterocycles. The summed E-state index contributed by atoms with van der Waals surface area (Å²) >= 11 is 0. The van der Waals surface area contributed by atoms with Crippen LogP contribution in [-0.4, -0.2) is 22.1 Å². The maximum absolute atomic E-state index is 9.65. The molecule has 0 bridgehead atoms. The number of fused-ring (bicyclic) bond motifs is 1. The van der Waals surface area contributed by atoms with Crippen LogP contribution in [0.25, 0.3) is 38.7 Å². The van der Waals surface area contributed by atoms with Crippen molar-refractivity contribution in [3.63, 3.8) is 0 Å². The van der Waals surface area contributed by atoms with Gasteiger partial charge in [-0.1, -0.05) is 48.6 Å². The van der Waals surface area contributed by atoms with Crippen molar-refractivity contribution in [3.8, 4) is 11.3 Å². The van der Waals surface area contributed by atoms with Crippen LogP contribution in [0.4, 0.5) is 0 Å². The molecule has 5 heterocycles. The lowest BCUT2D eigenvalue weighted by Gasteiger charge is -2.40. The van der Waals surface area contributed by atoms with Gasteiger partial charge in [-0.2, -0.15) is 0 Å². The van der Waals surface area contributed by atoms with Crippen molar-refractivity contribution in [2.45, 2.75) is 45.1 Å². The zero-order valence-corrected chi connectivity index (χ0v) is 19.7. The standard InChI is InChI=1S/C27H26BN3O3/c1-26(2)19-12-8-11-18-22(19)31-24(27(26,3)4)21(16-9-6-5-7-10-16)29-15-17-13-14-30(34-28(32)33)23(18)20(17)25(29)31/h5-14,32-33H,15H2,1-4H3/q+2. The van der Waals surface area contributed by atoms with E-state index in [1.54, 1.807) is 6.20 Å². The Kier molecular flexibility index (Phi) is 3.63. The molecule has 0 saturated heterocycles. The Morgan fingerprint density at radius 3 is 2.44 bits per heavy atom. The van der Waals surface area contributed by atoms with Crippen LogP contribution in [0.3, 0.4) is 0 Å². The molecule has 34 heavy (non-hydrogen) atoms. The van der Waals surface area contributed by atoms with Gasteiger partial charge in [0.1, 0.15) is 5.52 Å². The van der Waals surface area contributed by atoms with Gasteiger partial charge in [0.05, 0.1) is 16.4 Å². The molecule has 3 aromatic heterocycles. The Hall–Kier alpha value is -3.42. The van der Waals surface area contributed by atoms with Crippen molar-refractivity contribution >= 4 is 34.8 Å². The average molecular weight is 451 g/mol. The highest BCUT2D eigenvalue weighted by molar-refractivity contribution is 6.33. The topological polar surface area (TPSA) is 62.6 Å². The van der Waals surface area contributed by atoms with Crippen molar-refractivity contribution in [2.24, 2.45) is 0 Å². The monoisotopic (exact) mass is 451 g/mol. The quantitative estimate of drug-likeness (QED) is 0.247. The Morgan fingerprint density at radius 1 is 0.941 bits per heavy atom. The van der Waals surface area contributed by atoms with Crippen LogP contribution in [0, 0.1) is 0 Å². The van der Waals surface area contributed by atoms with Crippen molar-refractivity contribution in [1.29, 1.82) is 0 Å². The minimum Gasteiger partial charge on any atom is -0.421 e. The van der Waals surface area contributed by atoms with Gasteiger partial charge in [0, 0.05) is 22.7 Å². The molecule has 0 atom stereocenters. The number of imidazole rings is 1. The van der Waals surface area contributed by atoms with E-state index >= 15 is 0 Å². The van der Waals surface area contributed by atoms with E-state index in [1.165, 1.54) is 32.8 Å². The van der Waals surface area contributed by atoms with Gasteiger partial charge >= 0.3 is 13.0 Å².